The number of rotatable bonds is 7. The molecule has 2 aromatic rings. The van der Waals surface area contributed by atoms with Crippen molar-refractivity contribution < 1.29 is 12.8 Å². The molecule has 0 spiro atoms. The number of sulfonamides is 1. The number of nitrogens with one attached hydrogen (secondary N) is 2. The molecule has 1 fully saturated rings. The van der Waals surface area contributed by atoms with Crippen molar-refractivity contribution in [2.45, 2.75) is 36.9 Å². The SMILES string of the molecule is CN=C(NCc1ccc(S(=O)(=O)NC2CC2)cc1)N(C)Cc1cccc(F)c1.I. The van der Waals surface area contributed by atoms with Crippen LogP contribution in [0.3, 0.4) is 0 Å². The monoisotopic (exact) mass is 532 g/mol. The van der Waals surface area contributed by atoms with E-state index >= 15 is 0 Å². The molecule has 0 aliphatic heterocycles. The molecule has 29 heavy (non-hydrogen) atoms. The Morgan fingerprint density at radius 3 is 2.45 bits per heavy atom. The molecule has 2 N–H and O–H groups in total. The van der Waals surface area contributed by atoms with Gasteiger partial charge in [0, 0.05) is 33.2 Å². The summed E-state index contributed by atoms with van der Waals surface area (Å²) in [6.45, 7) is 1.01. The van der Waals surface area contributed by atoms with Gasteiger partial charge in [-0.15, -0.1) is 24.0 Å². The molecular formula is C20H26FIN4O2S. The molecule has 0 amide bonds. The lowest BCUT2D eigenvalue weighted by molar-refractivity contribution is 0.474. The second kappa shape index (κ2) is 10.4. The Labute approximate surface area is 188 Å². The first-order valence-corrected chi connectivity index (χ1v) is 10.6. The van der Waals surface area contributed by atoms with Gasteiger partial charge in [0.2, 0.25) is 10.0 Å². The van der Waals surface area contributed by atoms with Crippen LogP contribution in [-0.2, 0) is 23.1 Å². The van der Waals surface area contributed by atoms with Crippen molar-refractivity contribution in [2.75, 3.05) is 14.1 Å². The Balaban J connectivity index is 0.00000300. The van der Waals surface area contributed by atoms with E-state index in [0.29, 0.717) is 19.0 Å². The first-order chi connectivity index (χ1) is 13.4. The van der Waals surface area contributed by atoms with Crippen molar-refractivity contribution in [3.05, 3.63) is 65.5 Å². The number of benzene rings is 2. The Hall–Kier alpha value is -1.72. The Kier molecular flexibility index (Phi) is 8.41. The van der Waals surface area contributed by atoms with Crippen molar-refractivity contribution in [1.82, 2.24) is 14.9 Å². The van der Waals surface area contributed by atoms with Crippen LogP contribution in [0.2, 0.25) is 0 Å². The van der Waals surface area contributed by atoms with Crippen molar-refractivity contribution in [3.63, 3.8) is 0 Å². The molecule has 0 heterocycles. The molecular weight excluding hydrogens is 506 g/mol. The van der Waals surface area contributed by atoms with E-state index in [2.05, 4.69) is 15.0 Å². The molecule has 1 saturated carbocycles. The highest BCUT2D eigenvalue weighted by Gasteiger charge is 2.27. The van der Waals surface area contributed by atoms with Crippen LogP contribution in [0, 0.1) is 5.82 Å². The third-order valence-corrected chi connectivity index (χ3v) is 6.00. The van der Waals surface area contributed by atoms with Gasteiger partial charge in [0.05, 0.1) is 4.90 Å². The summed E-state index contributed by atoms with van der Waals surface area (Å²) < 4.78 is 40.4. The van der Waals surface area contributed by atoms with E-state index in [4.69, 9.17) is 0 Å². The number of guanidine groups is 1. The van der Waals surface area contributed by atoms with Crippen LogP contribution in [0.5, 0.6) is 0 Å². The molecule has 0 bridgehead atoms. The quantitative estimate of drug-likeness (QED) is 0.327. The van der Waals surface area contributed by atoms with Crippen molar-refractivity contribution in [2.24, 2.45) is 4.99 Å². The molecule has 1 aliphatic carbocycles. The topological polar surface area (TPSA) is 73.8 Å². The lowest BCUT2D eigenvalue weighted by Gasteiger charge is -2.22. The van der Waals surface area contributed by atoms with Gasteiger partial charge in [-0.2, -0.15) is 0 Å². The maximum absolute atomic E-state index is 13.3. The van der Waals surface area contributed by atoms with E-state index in [9.17, 15) is 12.8 Å². The summed E-state index contributed by atoms with van der Waals surface area (Å²) in [6.07, 6.45) is 1.81. The zero-order valence-corrected chi connectivity index (χ0v) is 19.6. The molecule has 0 saturated heterocycles. The smallest absolute Gasteiger partial charge is 0.240 e. The average molecular weight is 532 g/mol. The van der Waals surface area contributed by atoms with Gasteiger partial charge in [-0.25, -0.2) is 17.5 Å². The molecule has 0 radical (unpaired) electrons. The first-order valence-electron chi connectivity index (χ1n) is 9.15. The summed E-state index contributed by atoms with van der Waals surface area (Å²) in [5.74, 6) is 0.399. The van der Waals surface area contributed by atoms with E-state index in [1.165, 1.54) is 12.1 Å². The number of halogens is 2. The number of hydrogen-bond donors (Lipinski definition) is 2. The number of aliphatic imine (C=N–C) groups is 1. The fourth-order valence-corrected chi connectivity index (χ4v) is 4.13. The van der Waals surface area contributed by atoms with Crippen LogP contribution in [-0.4, -0.2) is 39.4 Å². The minimum Gasteiger partial charge on any atom is -0.352 e. The third-order valence-electron chi connectivity index (χ3n) is 4.47. The summed E-state index contributed by atoms with van der Waals surface area (Å²) >= 11 is 0. The third kappa shape index (κ3) is 6.93. The fraction of sp³-hybridized carbons (Fsp3) is 0.350. The first kappa shape index (κ1) is 23.6. The summed E-state index contributed by atoms with van der Waals surface area (Å²) in [4.78, 5) is 6.42. The average Bonchev–Trinajstić information content (AvgIpc) is 3.46. The molecule has 6 nitrogen and oxygen atoms in total. The molecule has 158 valence electrons. The molecule has 0 aromatic heterocycles. The maximum Gasteiger partial charge on any atom is 0.240 e. The number of hydrogen-bond acceptors (Lipinski definition) is 3. The maximum atomic E-state index is 13.3. The molecule has 3 rings (SSSR count). The highest BCUT2D eigenvalue weighted by Crippen LogP contribution is 2.22. The van der Waals surface area contributed by atoms with E-state index in [1.807, 2.05) is 18.0 Å². The minimum atomic E-state index is -3.43. The van der Waals surface area contributed by atoms with Crippen molar-refractivity contribution >= 4 is 40.0 Å². The summed E-state index contributed by atoms with van der Waals surface area (Å²) in [5.41, 5.74) is 1.79. The lowest BCUT2D eigenvalue weighted by atomic mass is 10.2. The van der Waals surface area contributed by atoms with Crippen LogP contribution in [0.4, 0.5) is 4.39 Å². The van der Waals surface area contributed by atoms with Gasteiger partial charge < -0.3 is 10.2 Å². The predicted molar refractivity (Wildman–Crippen MR) is 123 cm³/mol. The largest absolute Gasteiger partial charge is 0.352 e. The van der Waals surface area contributed by atoms with E-state index in [1.54, 1.807) is 37.4 Å². The molecule has 9 heteroatoms. The minimum absolute atomic E-state index is 0. The van der Waals surface area contributed by atoms with Crippen molar-refractivity contribution in [3.8, 4) is 0 Å². The van der Waals surface area contributed by atoms with E-state index in [-0.39, 0.29) is 40.7 Å². The van der Waals surface area contributed by atoms with Crippen LogP contribution in [0.15, 0.2) is 58.4 Å². The van der Waals surface area contributed by atoms with Crippen LogP contribution >= 0.6 is 24.0 Å². The number of nitrogens with zero attached hydrogens (tertiary/aromatic N) is 2. The van der Waals surface area contributed by atoms with Gasteiger partial charge in [0.1, 0.15) is 5.82 Å². The van der Waals surface area contributed by atoms with Gasteiger partial charge in [0.15, 0.2) is 5.96 Å². The normalized spacial score (nSPS) is 14.2. The lowest BCUT2D eigenvalue weighted by Crippen LogP contribution is -2.38. The summed E-state index contributed by atoms with van der Waals surface area (Å²) in [5, 5.41) is 3.24. The molecule has 1 aliphatic rings. The zero-order chi connectivity index (χ0) is 20.1. The van der Waals surface area contributed by atoms with Crippen molar-refractivity contribution in [1.29, 1.82) is 0 Å². The van der Waals surface area contributed by atoms with Gasteiger partial charge in [-0.3, -0.25) is 4.99 Å². The molecule has 0 unspecified atom stereocenters. The van der Waals surface area contributed by atoms with Gasteiger partial charge >= 0.3 is 0 Å². The second-order valence-corrected chi connectivity index (χ2v) is 8.64. The standard InChI is InChI=1S/C20H25FN4O2S.HI/c1-22-20(25(2)14-16-4-3-5-17(21)12-16)23-13-15-6-10-19(11-7-15)28(26,27)24-18-8-9-18;/h3-7,10-12,18,24H,8-9,13-14H2,1-2H3,(H,22,23);1H. The Bertz CT molecular complexity index is 947. The highest BCUT2D eigenvalue weighted by atomic mass is 127. The van der Waals surface area contributed by atoms with E-state index < -0.39 is 10.0 Å². The van der Waals surface area contributed by atoms with Crippen LogP contribution < -0.4 is 10.0 Å². The zero-order valence-electron chi connectivity index (χ0n) is 16.4. The van der Waals surface area contributed by atoms with Gasteiger partial charge in [-0.05, 0) is 48.2 Å². The van der Waals surface area contributed by atoms with Crippen LogP contribution in [0.1, 0.15) is 24.0 Å². The molecule has 0 atom stereocenters. The molecule has 2 aromatic carbocycles. The van der Waals surface area contributed by atoms with Gasteiger partial charge in [-0.1, -0.05) is 24.3 Å². The Morgan fingerprint density at radius 1 is 1.17 bits per heavy atom. The Morgan fingerprint density at radius 2 is 1.86 bits per heavy atom. The second-order valence-electron chi connectivity index (χ2n) is 6.93. The predicted octanol–water partition coefficient (Wildman–Crippen LogP) is 3.09. The summed E-state index contributed by atoms with van der Waals surface area (Å²) in [6, 6.07) is 13.3. The van der Waals surface area contributed by atoms with E-state index in [0.717, 1.165) is 24.0 Å². The highest BCUT2D eigenvalue weighted by molar-refractivity contribution is 14.0. The fourth-order valence-electron chi connectivity index (χ4n) is 2.83. The van der Waals surface area contributed by atoms with Gasteiger partial charge in [0.25, 0.3) is 0 Å². The summed E-state index contributed by atoms with van der Waals surface area (Å²) in [7, 11) is 0.124. The van der Waals surface area contributed by atoms with Crippen LogP contribution in [0.25, 0.3) is 0 Å².